The van der Waals surface area contributed by atoms with Gasteiger partial charge in [0.15, 0.2) is 0 Å². The molecule has 0 unspecified atom stereocenters. The Morgan fingerprint density at radius 3 is 0.789 bits per heavy atom. The van der Waals surface area contributed by atoms with Gasteiger partial charge in [-0.1, -0.05) is 65.5 Å². The van der Waals surface area contributed by atoms with Gasteiger partial charge in [0.05, 0.1) is 17.9 Å². The third-order valence-electron chi connectivity index (χ3n) is 3.67. The van der Waals surface area contributed by atoms with Gasteiger partial charge in [0, 0.05) is 0 Å². The van der Waals surface area contributed by atoms with Crippen molar-refractivity contribution in [2.75, 3.05) is 14.1 Å². The molecule has 0 fully saturated rings. The average Bonchev–Trinajstić information content (AvgIpc) is 2.13. The third kappa shape index (κ3) is 13.2. The van der Waals surface area contributed by atoms with Crippen molar-refractivity contribution in [2.24, 2.45) is 0 Å². The van der Waals surface area contributed by atoms with Crippen LogP contribution in [0.15, 0.2) is 0 Å². The van der Waals surface area contributed by atoms with E-state index in [2.05, 4.69) is 88.0 Å². The molecule has 0 aliphatic carbocycles. The first-order valence-corrected chi connectivity index (χ1v) is 19.7. The second kappa shape index (κ2) is 10.5. The van der Waals surface area contributed by atoms with Crippen LogP contribution in [-0.4, -0.2) is 56.9 Å². The van der Waals surface area contributed by atoms with Crippen molar-refractivity contribution >= 4 is 34.4 Å². The zero-order valence-electron chi connectivity index (χ0n) is 17.0. The summed E-state index contributed by atoms with van der Waals surface area (Å²) >= 11 is 0. The summed E-state index contributed by atoms with van der Waals surface area (Å²) in [5.41, 5.74) is 0. The van der Waals surface area contributed by atoms with E-state index in [9.17, 15) is 0 Å². The summed E-state index contributed by atoms with van der Waals surface area (Å²) in [6.45, 7) is 24.0. The van der Waals surface area contributed by atoms with Gasteiger partial charge in [-0.2, -0.15) is 0 Å². The molecule has 114 valence electrons. The molecule has 0 saturated heterocycles. The van der Waals surface area contributed by atoms with Crippen molar-refractivity contribution in [3.8, 4) is 0 Å². The monoisotopic (exact) mass is 346 g/mol. The van der Waals surface area contributed by atoms with Crippen LogP contribution in [0.2, 0.25) is 65.5 Å². The average molecular weight is 347 g/mol. The van der Waals surface area contributed by atoms with E-state index in [4.69, 9.17) is 0 Å². The second-order valence-electron chi connectivity index (χ2n) is 7.75. The molecular formula is C12H39N2NaSi4. The van der Waals surface area contributed by atoms with Crippen LogP contribution >= 0.6 is 0 Å². The molecule has 2 nitrogen and oxygen atoms in total. The van der Waals surface area contributed by atoms with Crippen LogP contribution in [0.25, 0.3) is 0 Å². The molecule has 0 atom stereocenters. The van der Waals surface area contributed by atoms with Gasteiger partial charge in [0.2, 0.25) is 0 Å². The Balaban J connectivity index is -0.000000116. The van der Waals surface area contributed by atoms with E-state index < -0.39 is 34.4 Å². The van der Waals surface area contributed by atoms with Crippen molar-refractivity contribution in [1.29, 1.82) is 0 Å². The van der Waals surface area contributed by atoms with Crippen molar-refractivity contribution in [2.45, 2.75) is 65.5 Å². The first kappa shape index (κ1) is 25.7. The Labute approximate surface area is 152 Å². The molecule has 0 heterocycles. The molecule has 0 amide bonds. The van der Waals surface area contributed by atoms with Crippen LogP contribution in [0.4, 0.5) is 0 Å². The molecule has 0 aromatic carbocycles. The Bertz CT molecular complexity index is 206. The SMILES string of the molecule is CN([SiH](C)C)[Si](C)(C)C.CN([SiH](C)C)[Si](C)(C)C.[H-].[Na+]. The van der Waals surface area contributed by atoms with Crippen LogP contribution in [-0.2, 0) is 0 Å². The summed E-state index contributed by atoms with van der Waals surface area (Å²) in [6.07, 6.45) is 0. The molecule has 0 rings (SSSR count). The fraction of sp³-hybridized carbons (Fsp3) is 1.00. The van der Waals surface area contributed by atoms with E-state index in [1.54, 1.807) is 0 Å². The standard InChI is InChI=1S/2C6H19NSi2.Na.H/c2*1-7(8(2)3)9(4,5)6;;/h2*8H,1-6H3;;/q;;+1;-1. The zero-order chi connectivity index (χ0) is 15.3. The van der Waals surface area contributed by atoms with E-state index in [1.807, 2.05) is 0 Å². The summed E-state index contributed by atoms with van der Waals surface area (Å²) in [7, 11) is 1.72. The fourth-order valence-electron chi connectivity index (χ4n) is 1.55. The molecule has 0 spiro atoms. The van der Waals surface area contributed by atoms with Gasteiger partial charge in [-0.15, -0.1) is 0 Å². The van der Waals surface area contributed by atoms with Gasteiger partial charge in [-0.3, -0.25) is 0 Å². The van der Waals surface area contributed by atoms with Gasteiger partial charge >= 0.3 is 29.6 Å². The maximum atomic E-state index is 2.63. The van der Waals surface area contributed by atoms with E-state index in [1.165, 1.54) is 0 Å². The maximum Gasteiger partial charge on any atom is 1.00 e. The molecule has 0 aromatic rings. The van der Waals surface area contributed by atoms with Gasteiger partial charge in [0.25, 0.3) is 0 Å². The number of hydrogen-bond donors (Lipinski definition) is 0. The molecule has 0 radical (unpaired) electrons. The van der Waals surface area contributed by atoms with Gasteiger partial charge < -0.3 is 9.89 Å². The van der Waals surface area contributed by atoms with Crippen LogP contribution in [0.5, 0.6) is 0 Å². The Hall–Kier alpha value is 1.79. The van der Waals surface area contributed by atoms with Crippen molar-refractivity contribution in [3.63, 3.8) is 0 Å². The van der Waals surface area contributed by atoms with E-state index in [0.717, 1.165) is 0 Å². The van der Waals surface area contributed by atoms with Crippen LogP contribution in [0.3, 0.4) is 0 Å². The topological polar surface area (TPSA) is 6.48 Å². The largest absolute Gasteiger partial charge is 1.00 e. The smallest absolute Gasteiger partial charge is 1.00 e. The molecule has 0 aliphatic rings. The molecule has 19 heavy (non-hydrogen) atoms. The minimum Gasteiger partial charge on any atom is -1.00 e. The number of rotatable bonds is 4. The number of hydrogen-bond acceptors (Lipinski definition) is 2. The van der Waals surface area contributed by atoms with Crippen molar-refractivity contribution < 1.29 is 31.0 Å². The van der Waals surface area contributed by atoms with Crippen LogP contribution < -0.4 is 29.6 Å². The molecular weight excluding hydrogens is 307 g/mol. The summed E-state index contributed by atoms with van der Waals surface area (Å²) in [6, 6.07) is 0. The molecule has 0 saturated carbocycles. The zero-order valence-corrected chi connectivity index (χ0v) is 22.4. The predicted molar refractivity (Wildman–Crippen MR) is 101 cm³/mol. The maximum absolute atomic E-state index is 2.63. The van der Waals surface area contributed by atoms with Crippen LogP contribution in [0, 0.1) is 0 Å². The van der Waals surface area contributed by atoms with Gasteiger partial charge in [0.1, 0.15) is 16.5 Å². The number of nitrogens with zero attached hydrogens (tertiary/aromatic N) is 2. The molecule has 0 aliphatic heterocycles. The van der Waals surface area contributed by atoms with Crippen LogP contribution in [0.1, 0.15) is 1.43 Å². The Kier molecular flexibility index (Phi) is 14.2. The second-order valence-corrected chi connectivity index (χ2v) is 24.8. The summed E-state index contributed by atoms with van der Waals surface area (Å²) in [5.74, 6) is 0. The quantitative estimate of drug-likeness (QED) is 0.688. The summed E-state index contributed by atoms with van der Waals surface area (Å²) in [5, 5.41) is 0. The minimum absolute atomic E-state index is 0. The van der Waals surface area contributed by atoms with Crippen molar-refractivity contribution in [3.05, 3.63) is 0 Å². The van der Waals surface area contributed by atoms with E-state index >= 15 is 0 Å². The van der Waals surface area contributed by atoms with E-state index in [-0.39, 0.29) is 31.0 Å². The molecule has 0 aromatic heterocycles. The predicted octanol–water partition coefficient (Wildman–Crippen LogP) is 0.590. The normalized spacial score (nSPS) is 12.6. The Morgan fingerprint density at radius 1 is 0.632 bits per heavy atom. The summed E-state index contributed by atoms with van der Waals surface area (Å²) in [4.78, 5) is 0. The summed E-state index contributed by atoms with van der Waals surface area (Å²) < 4.78 is 5.26. The van der Waals surface area contributed by atoms with E-state index in [0.29, 0.717) is 0 Å². The third-order valence-corrected chi connectivity index (χ3v) is 18.7. The Morgan fingerprint density at radius 2 is 0.789 bits per heavy atom. The van der Waals surface area contributed by atoms with Crippen molar-refractivity contribution in [1.82, 2.24) is 8.46 Å². The van der Waals surface area contributed by atoms with Gasteiger partial charge in [-0.05, 0) is 14.1 Å². The van der Waals surface area contributed by atoms with Gasteiger partial charge in [-0.25, -0.2) is 0 Å². The molecule has 7 heteroatoms. The first-order chi connectivity index (χ1) is 7.71. The minimum atomic E-state index is -0.929. The first-order valence-electron chi connectivity index (χ1n) is 7.17. The fourth-order valence-corrected chi connectivity index (χ4v) is 13.9. The molecule has 0 bridgehead atoms. The molecule has 0 N–H and O–H groups in total.